The first-order valence-electron chi connectivity index (χ1n) is 8.96. The Morgan fingerprint density at radius 1 is 1.00 bits per heavy atom. The molecule has 24 heavy (non-hydrogen) atoms. The van der Waals surface area contributed by atoms with Gasteiger partial charge in [-0.15, -0.1) is 0 Å². The molecule has 134 valence electrons. The zero-order chi connectivity index (χ0) is 17.1. The Bertz CT molecular complexity index is 523. The fraction of sp³-hybridized carbons (Fsp3) is 0.684. The van der Waals surface area contributed by atoms with E-state index >= 15 is 0 Å². The summed E-state index contributed by atoms with van der Waals surface area (Å²) in [6.07, 6.45) is 10.4. The minimum atomic E-state index is -4.06. The van der Waals surface area contributed by atoms with E-state index in [4.69, 9.17) is 0 Å². The maximum atomic E-state index is 11.7. The Labute approximate surface area is 172 Å². The Morgan fingerprint density at radius 2 is 1.54 bits per heavy atom. The van der Waals surface area contributed by atoms with Gasteiger partial charge in [0.1, 0.15) is 5.25 Å². The van der Waals surface area contributed by atoms with E-state index in [-0.39, 0.29) is 36.9 Å². The van der Waals surface area contributed by atoms with Gasteiger partial charge in [-0.2, -0.15) is 8.42 Å². The van der Waals surface area contributed by atoms with Crippen molar-refractivity contribution in [2.24, 2.45) is 5.92 Å². The third-order valence-corrected chi connectivity index (χ3v) is 5.63. The molecule has 0 saturated carbocycles. The molecule has 0 saturated heterocycles. The third-order valence-electron chi connectivity index (χ3n) is 4.45. The third kappa shape index (κ3) is 10.2. The monoisotopic (exact) mass is 364 g/mol. The maximum absolute atomic E-state index is 11.7. The predicted molar refractivity (Wildman–Crippen MR) is 98.2 cm³/mol. The summed E-state index contributed by atoms with van der Waals surface area (Å²) in [6, 6.07) is 9.03. The zero-order valence-electron chi connectivity index (χ0n) is 16.6. The van der Waals surface area contributed by atoms with Crippen LogP contribution in [0.3, 0.4) is 0 Å². The van der Waals surface area contributed by atoms with Gasteiger partial charge in [0, 0.05) is 0 Å². The quantitative estimate of drug-likeness (QED) is 0.352. The molecule has 0 aromatic heterocycles. The molecule has 1 aromatic carbocycles. The van der Waals surface area contributed by atoms with Crippen LogP contribution in [-0.4, -0.2) is 13.0 Å². The molecule has 0 amide bonds. The van der Waals surface area contributed by atoms with E-state index in [2.05, 4.69) is 13.8 Å². The summed E-state index contributed by atoms with van der Waals surface area (Å²) in [6.45, 7) is 4.30. The van der Waals surface area contributed by atoms with Gasteiger partial charge in [-0.25, -0.2) is 0 Å². The molecule has 0 heterocycles. The molecule has 1 rings (SSSR count). The summed E-state index contributed by atoms with van der Waals surface area (Å²) >= 11 is 0. The van der Waals surface area contributed by atoms with Gasteiger partial charge in [0.15, 0.2) is 0 Å². The zero-order valence-corrected chi connectivity index (χ0v) is 18.4. The molecule has 0 aliphatic carbocycles. The van der Waals surface area contributed by atoms with Gasteiger partial charge in [-0.05, 0) is 17.9 Å². The van der Waals surface area contributed by atoms with Crippen molar-refractivity contribution in [3.63, 3.8) is 0 Å². The summed E-state index contributed by atoms with van der Waals surface area (Å²) < 4.78 is 32.9. The summed E-state index contributed by atoms with van der Waals surface area (Å²) in [5, 5.41) is -0.803. The van der Waals surface area contributed by atoms with Crippen molar-refractivity contribution in [1.29, 1.82) is 0 Å². The molecule has 0 aliphatic rings. The first kappa shape index (κ1) is 24.1. The van der Waals surface area contributed by atoms with Crippen molar-refractivity contribution in [2.45, 2.75) is 76.9 Å². The van der Waals surface area contributed by atoms with E-state index in [1.807, 2.05) is 18.2 Å². The van der Waals surface area contributed by atoms with Crippen molar-refractivity contribution >= 4 is 10.1 Å². The minimum absolute atomic E-state index is 0. The fourth-order valence-corrected chi connectivity index (χ4v) is 4.10. The van der Waals surface area contributed by atoms with Crippen LogP contribution >= 0.6 is 0 Å². The van der Waals surface area contributed by atoms with E-state index < -0.39 is 15.4 Å². The number of hydrogen-bond acceptors (Lipinski definition) is 2. The number of unbranched alkanes of at least 4 members (excludes halogenated alkanes) is 6. The maximum Gasteiger partial charge on any atom is 1.00 e. The standard InChI is InChI=1S/C19H32O3S.Na.H/c1-3-4-5-6-7-8-10-13-17(2)16-19(23(20,21)22)18-14-11-9-12-15-18;;/h9,11-12,14-15,17,19H,3-8,10,13,16H2,1-2H3,(H,20,21,22);;/q;+1;-1. The van der Waals surface area contributed by atoms with E-state index in [1.54, 1.807) is 12.1 Å². The van der Waals surface area contributed by atoms with Crippen LogP contribution in [0.25, 0.3) is 0 Å². The average molecular weight is 365 g/mol. The van der Waals surface area contributed by atoms with Crippen molar-refractivity contribution in [2.75, 3.05) is 0 Å². The minimum Gasteiger partial charge on any atom is -1.00 e. The second kappa shape index (κ2) is 13.3. The molecule has 2 atom stereocenters. The molecule has 5 heteroatoms. The Hall–Kier alpha value is 0.130. The predicted octanol–water partition coefficient (Wildman–Crippen LogP) is 2.90. The first-order valence-corrected chi connectivity index (χ1v) is 10.5. The Balaban J connectivity index is 0. The largest absolute Gasteiger partial charge is 1.00 e. The molecule has 0 bridgehead atoms. The van der Waals surface area contributed by atoms with Gasteiger partial charge in [-0.3, -0.25) is 4.55 Å². The number of rotatable bonds is 12. The van der Waals surface area contributed by atoms with Crippen molar-refractivity contribution in [3.8, 4) is 0 Å². The SMILES string of the molecule is CCCCCCCCCC(C)CC(c1ccccc1)S(=O)(=O)O.[H-].[Na+]. The van der Waals surface area contributed by atoms with Crippen molar-refractivity contribution in [3.05, 3.63) is 35.9 Å². The van der Waals surface area contributed by atoms with Crippen molar-refractivity contribution in [1.82, 2.24) is 0 Å². The Kier molecular flexibility index (Phi) is 13.4. The van der Waals surface area contributed by atoms with Crippen molar-refractivity contribution < 1.29 is 44.0 Å². The first-order chi connectivity index (χ1) is 10.9. The summed E-state index contributed by atoms with van der Waals surface area (Å²) in [5.74, 6) is 0.290. The smallest absolute Gasteiger partial charge is 1.00 e. The van der Waals surface area contributed by atoms with Crippen LogP contribution in [-0.2, 0) is 10.1 Å². The van der Waals surface area contributed by atoms with Crippen LogP contribution in [0.4, 0.5) is 0 Å². The van der Waals surface area contributed by atoms with Gasteiger partial charge in [0.2, 0.25) is 0 Å². The second-order valence-electron chi connectivity index (χ2n) is 6.67. The van der Waals surface area contributed by atoms with E-state index in [9.17, 15) is 13.0 Å². The van der Waals surface area contributed by atoms with Crippen LogP contribution in [0.2, 0.25) is 0 Å². The topological polar surface area (TPSA) is 54.4 Å². The molecule has 0 radical (unpaired) electrons. The molecule has 3 nitrogen and oxygen atoms in total. The normalized spacial score (nSPS) is 14.0. The van der Waals surface area contributed by atoms with E-state index in [1.165, 1.54) is 38.5 Å². The number of benzene rings is 1. The van der Waals surface area contributed by atoms with Crippen LogP contribution < -0.4 is 29.6 Å². The van der Waals surface area contributed by atoms with Gasteiger partial charge < -0.3 is 1.43 Å². The molecular weight excluding hydrogens is 331 g/mol. The van der Waals surface area contributed by atoms with Crippen LogP contribution in [0.5, 0.6) is 0 Å². The summed E-state index contributed by atoms with van der Waals surface area (Å²) in [4.78, 5) is 0. The fourth-order valence-electron chi connectivity index (χ4n) is 3.03. The van der Waals surface area contributed by atoms with Gasteiger partial charge >= 0.3 is 29.6 Å². The Morgan fingerprint density at radius 3 is 2.08 bits per heavy atom. The molecule has 0 fully saturated rings. The molecular formula is C19H33NaO3S. The summed E-state index contributed by atoms with van der Waals surface area (Å²) in [7, 11) is -4.06. The molecule has 2 unspecified atom stereocenters. The van der Waals surface area contributed by atoms with Crippen LogP contribution in [0.15, 0.2) is 30.3 Å². The second-order valence-corrected chi connectivity index (χ2v) is 8.26. The number of hydrogen-bond donors (Lipinski definition) is 1. The van der Waals surface area contributed by atoms with Crippen LogP contribution in [0, 0.1) is 5.92 Å². The molecule has 0 spiro atoms. The van der Waals surface area contributed by atoms with E-state index in [0.29, 0.717) is 12.0 Å². The van der Waals surface area contributed by atoms with Gasteiger partial charge in [-0.1, -0.05) is 95.5 Å². The van der Waals surface area contributed by atoms with E-state index in [0.717, 1.165) is 12.8 Å². The molecule has 1 aromatic rings. The van der Waals surface area contributed by atoms with Crippen LogP contribution in [0.1, 0.15) is 83.9 Å². The summed E-state index contributed by atoms with van der Waals surface area (Å²) in [5.41, 5.74) is 0.682. The average Bonchev–Trinajstić information content (AvgIpc) is 2.51. The molecule has 1 N–H and O–H groups in total. The molecule has 0 aliphatic heterocycles. The van der Waals surface area contributed by atoms with Gasteiger partial charge in [0.05, 0.1) is 0 Å². The van der Waals surface area contributed by atoms with Gasteiger partial charge in [0.25, 0.3) is 10.1 Å².